The maximum Gasteiger partial charge on any atom is 0.248 e. The molecule has 1 atom stereocenters. The number of aryl methyl sites for hydroxylation is 1. The molecule has 3 aromatic rings. The second-order valence-corrected chi connectivity index (χ2v) is 10.9. The number of amides is 2. The molecule has 4 rings (SSSR count). The molecule has 3 aromatic carbocycles. The van der Waals surface area contributed by atoms with Gasteiger partial charge in [-0.15, -0.1) is 0 Å². The minimum Gasteiger partial charge on any atom is -0.351 e. The van der Waals surface area contributed by atoms with Gasteiger partial charge in [-0.2, -0.15) is 0 Å². The quantitative estimate of drug-likeness (QED) is 0.439. The summed E-state index contributed by atoms with van der Waals surface area (Å²) < 4.78 is 42.9. The standard InChI is InChI=1S/C28H30FN3O4S/c1-20-15-17-21(18-16-20)27(28(34)31-22-9-5-6-10-22)32(25-14-8-7-13-24(25)29)26(33)19-30-37(35,36)23-11-3-2-4-12-23/h2-4,7-8,11-18,22,27,30H,5-6,9-10,19H2,1H3,(H,31,34). The molecular weight excluding hydrogens is 493 g/mol. The fourth-order valence-electron chi connectivity index (χ4n) is 4.51. The third-order valence-electron chi connectivity index (χ3n) is 6.45. The number of para-hydroxylation sites is 1. The third kappa shape index (κ3) is 6.42. The fraction of sp³-hybridized carbons (Fsp3) is 0.286. The van der Waals surface area contributed by atoms with Crippen molar-refractivity contribution in [2.75, 3.05) is 11.4 Å². The number of nitrogens with zero attached hydrogens (tertiary/aromatic N) is 1. The summed E-state index contributed by atoms with van der Waals surface area (Å²) in [5, 5.41) is 3.02. The van der Waals surface area contributed by atoms with Crippen LogP contribution in [0.4, 0.5) is 10.1 Å². The van der Waals surface area contributed by atoms with Gasteiger partial charge in [-0.05, 0) is 49.6 Å². The first-order valence-electron chi connectivity index (χ1n) is 12.2. The highest BCUT2D eigenvalue weighted by Crippen LogP contribution is 2.31. The minimum atomic E-state index is -4.01. The highest BCUT2D eigenvalue weighted by atomic mass is 32.2. The van der Waals surface area contributed by atoms with Crippen molar-refractivity contribution in [3.8, 4) is 0 Å². The molecule has 37 heavy (non-hydrogen) atoms. The molecule has 1 fully saturated rings. The molecular formula is C28H30FN3O4S. The Morgan fingerprint density at radius 1 is 0.946 bits per heavy atom. The molecule has 0 spiro atoms. The van der Waals surface area contributed by atoms with E-state index in [0.717, 1.165) is 36.1 Å². The van der Waals surface area contributed by atoms with E-state index in [4.69, 9.17) is 0 Å². The largest absolute Gasteiger partial charge is 0.351 e. The van der Waals surface area contributed by atoms with Crippen LogP contribution in [-0.2, 0) is 19.6 Å². The van der Waals surface area contributed by atoms with Gasteiger partial charge in [-0.1, -0.05) is 73.0 Å². The van der Waals surface area contributed by atoms with Crippen molar-refractivity contribution < 1.29 is 22.4 Å². The first-order valence-corrected chi connectivity index (χ1v) is 13.7. The summed E-state index contributed by atoms with van der Waals surface area (Å²) >= 11 is 0. The lowest BCUT2D eigenvalue weighted by atomic mass is 10.0. The van der Waals surface area contributed by atoms with Crippen molar-refractivity contribution in [3.05, 3.63) is 95.8 Å². The Balaban J connectivity index is 1.71. The van der Waals surface area contributed by atoms with Gasteiger partial charge < -0.3 is 5.32 Å². The average Bonchev–Trinajstić information content (AvgIpc) is 3.41. The van der Waals surface area contributed by atoms with E-state index in [-0.39, 0.29) is 16.6 Å². The van der Waals surface area contributed by atoms with Crippen LogP contribution < -0.4 is 14.9 Å². The smallest absolute Gasteiger partial charge is 0.248 e. The summed E-state index contributed by atoms with van der Waals surface area (Å²) in [5.41, 5.74) is 1.33. The van der Waals surface area contributed by atoms with Gasteiger partial charge in [0.25, 0.3) is 0 Å². The molecule has 1 aliphatic carbocycles. The predicted octanol–water partition coefficient (Wildman–Crippen LogP) is 4.25. The van der Waals surface area contributed by atoms with Crippen LogP contribution in [0.1, 0.15) is 42.9 Å². The van der Waals surface area contributed by atoms with E-state index in [1.54, 1.807) is 36.4 Å². The van der Waals surface area contributed by atoms with Gasteiger partial charge in [-0.3, -0.25) is 14.5 Å². The van der Waals surface area contributed by atoms with Crippen molar-refractivity contribution >= 4 is 27.5 Å². The molecule has 0 saturated heterocycles. The molecule has 1 saturated carbocycles. The van der Waals surface area contributed by atoms with Crippen molar-refractivity contribution in [1.29, 1.82) is 0 Å². The molecule has 0 bridgehead atoms. The van der Waals surface area contributed by atoms with Gasteiger partial charge in [0.2, 0.25) is 21.8 Å². The first kappa shape index (κ1) is 26.5. The number of hydrogen-bond donors (Lipinski definition) is 2. The molecule has 2 amide bonds. The monoisotopic (exact) mass is 523 g/mol. The number of benzene rings is 3. The zero-order chi connectivity index (χ0) is 26.4. The van der Waals surface area contributed by atoms with Gasteiger partial charge in [0.1, 0.15) is 11.9 Å². The molecule has 0 aromatic heterocycles. The third-order valence-corrected chi connectivity index (χ3v) is 7.87. The van der Waals surface area contributed by atoms with Crippen LogP contribution >= 0.6 is 0 Å². The predicted molar refractivity (Wildman–Crippen MR) is 140 cm³/mol. The average molecular weight is 524 g/mol. The van der Waals surface area contributed by atoms with Crippen LogP contribution in [0.2, 0.25) is 0 Å². The Bertz CT molecular complexity index is 1340. The molecule has 194 valence electrons. The maximum absolute atomic E-state index is 15.1. The van der Waals surface area contributed by atoms with E-state index < -0.39 is 40.2 Å². The van der Waals surface area contributed by atoms with Crippen LogP contribution in [-0.4, -0.2) is 32.8 Å². The van der Waals surface area contributed by atoms with Gasteiger partial charge in [0.15, 0.2) is 0 Å². The Morgan fingerprint density at radius 3 is 2.22 bits per heavy atom. The van der Waals surface area contributed by atoms with Crippen molar-refractivity contribution in [1.82, 2.24) is 10.0 Å². The normalized spacial score (nSPS) is 14.8. The number of nitrogens with one attached hydrogen (secondary N) is 2. The lowest BCUT2D eigenvalue weighted by Gasteiger charge is -2.32. The molecule has 2 N–H and O–H groups in total. The highest BCUT2D eigenvalue weighted by Gasteiger charge is 2.35. The fourth-order valence-corrected chi connectivity index (χ4v) is 5.50. The second kappa shape index (κ2) is 11.7. The van der Waals surface area contributed by atoms with E-state index in [0.29, 0.717) is 5.56 Å². The SMILES string of the molecule is Cc1ccc(C(C(=O)NC2CCCC2)N(C(=O)CNS(=O)(=O)c2ccccc2)c2ccccc2F)cc1. The zero-order valence-corrected chi connectivity index (χ0v) is 21.4. The van der Waals surface area contributed by atoms with Crippen LogP contribution in [0, 0.1) is 12.7 Å². The molecule has 1 unspecified atom stereocenters. The zero-order valence-electron chi connectivity index (χ0n) is 20.6. The molecule has 7 nitrogen and oxygen atoms in total. The van der Waals surface area contributed by atoms with Crippen LogP contribution in [0.25, 0.3) is 0 Å². The lowest BCUT2D eigenvalue weighted by molar-refractivity contribution is -0.126. The van der Waals surface area contributed by atoms with Crippen molar-refractivity contribution in [2.24, 2.45) is 0 Å². The number of hydrogen-bond acceptors (Lipinski definition) is 4. The topological polar surface area (TPSA) is 95.6 Å². The van der Waals surface area contributed by atoms with Crippen molar-refractivity contribution in [3.63, 3.8) is 0 Å². The molecule has 9 heteroatoms. The van der Waals surface area contributed by atoms with Crippen LogP contribution in [0.5, 0.6) is 0 Å². The van der Waals surface area contributed by atoms with Crippen LogP contribution in [0.15, 0.2) is 83.8 Å². The summed E-state index contributed by atoms with van der Waals surface area (Å²) in [4.78, 5) is 28.4. The van der Waals surface area contributed by atoms with E-state index in [1.807, 2.05) is 19.1 Å². The Morgan fingerprint density at radius 2 is 1.57 bits per heavy atom. The summed E-state index contributed by atoms with van der Waals surface area (Å²) in [5.74, 6) is -1.91. The summed E-state index contributed by atoms with van der Waals surface area (Å²) in [6.07, 6.45) is 3.66. The van der Waals surface area contributed by atoms with E-state index in [9.17, 15) is 18.0 Å². The van der Waals surface area contributed by atoms with E-state index in [1.165, 1.54) is 30.3 Å². The van der Waals surface area contributed by atoms with Gasteiger partial charge >= 0.3 is 0 Å². The second-order valence-electron chi connectivity index (χ2n) is 9.16. The maximum atomic E-state index is 15.1. The Hall–Kier alpha value is -3.56. The number of halogens is 1. The number of carbonyl (C=O) groups is 2. The highest BCUT2D eigenvalue weighted by molar-refractivity contribution is 7.89. The van der Waals surface area contributed by atoms with Gasteiger partial charge in [0, 0.05) is 6.04 Å². The molecule has 0 radical (unpaired) electrons. The Kier molecular flexibility index (Phi) is 8.35. The minimum absolute atomic E-state index is 0.00528. The molecule has 0 heterocycles. The summed E-state index contributed by atoms with van der Waals surface area (Å²) in [7, 11) is -4.01. The van der Waals surface area contributed by atoms with Crippen molar-refractivity contribution in [2.45, 2.75) is 49.6 Å². The van der Waals surface area contributed by atoms with E-state index >= 15 is 4.39 Å². The number of sulfonamides is 1. The number of carbonyl (C=O) groups excluding carboxylic acids is 2. The summed E-state index contributed by atoms with van der Waals surface area (Å²) in [6.45, 7) is 1.24. The number of rotatable bonds is 9. The summed E-state index contributed by atoms with van der Waals surface area (Å²) in [6, 6.07) is 19.1. The van der Waals surface area contributed by atoms with Gasteiger partial charge in [-0.25, -0.2) is 17.5 Å². The lowest BCUT2D eigenvalue weighted by Crippen LogP contribution is -2.49. The Labute approximate surface area is 216 Å². The van der Waals surface area contributed by atoms with Gasteiger partial charge in [0.05, 0.1) is 17.1 Å². The van der Waals surface area contributed by atoms with E-state index in [2.05, 4.69) is 10.0 Å². The molecule has 0 aliphatic heterocycles. The van der Waals surface area contributed by atoms with Crippen LogP contribution in [0.3, 0.4) is 0 Å². The molecule has 1 aliphatic rings. The first-order chi connectivity index (χ1) is 17.8. The number of anilines is 1.